The maximum absolute atomic E-state index is 13.0. The van der Waals surface area contributed by atoms with Crippen LogP contribution in [0.1, 0.15) is 16.7 Å². The Labute approximate surface area is 167 Å². The number of H-pyrrole nitrogens is 1. The molecule has 0 aliphatic heterocycles. The molecule has 0 spiro atoms. The number of carbonyl (C=O) groups excluding carboxylic acids is 1. The molecule has 28 heavy (non-hydrogen) atoms. The van der Waals surface area contributed by atoms with Gasteiger partial charge in [0.05, 0.1) is 0 Å². The smallest absolute Gasteiger partial charge is 0.252 e. The molecular formula is C23H18ClN3O. The van der Waals surface area contributed by atoms with Crippen molar-refractivity contribution in [1.29, 1.82) is 0 Å². The molecule has 0 unspecified atom stereocenters. The van der Waals surface area contributed by atoms with Gasteiger partial charge in [-0.1, -0.05) is 54.1 Å². The molecular weight excluding hydrogens is 370 g/mol. The van der Waals surface area contributed by atoms with Crippen LogP contribution >= 0.6 is 11.6 Å². The number of nitrogens with one attached hydrogen (secondary N) is 2. The lowest BCUT2D eigenvalue weighted by atomic mass is 10.0. The van der Waals surface area contributed by atoms with Crippen molar-refractivity contribution >= 4 is 40.2 Å². The van der Waals surface area contributed by atoms with Gasteiger partial charge >= 0.3 is 0 Å². The van der Waals surface area contributed by atoms with Gasteiger partial charge in [0.15, 0.2) is 0 Å². The molecule has 5 heteroatoms. The maximum atomic E-state index is 13.0. The standard InChI is InChI=1S/C23H18ClN3O/c24-19-10-8-16(9-11-19)14-27-23(28)21(17-5-2-1-3-6-17)13-18-15-26-22-20(18)7-4-12-25-22/h1-13,15H,14H2,(H,25,26)(H,27,28)/b21-13+. The van der Waals surface area contributed by atoms with Gasteiger partial charge < -0.3 is 10.3 Å². The highest BCUT2D eigenvalue weighted by atomic mass is 35.5. The third-order valence-electron chi connectivity index (χ3n) is 4.48. The molecule has 2 aromatic heterocycles. The number of nitrogens with zero attached hydrogens (tertiary/aromatic N) is 1. The van der Waals surface area contributed by atoms with Crippen molar-refractivity contribution in [2.75, 3.05) is 0 Å². The number of hydrogen-bond acceptors (Lipinski definition) is 2. The Kier molecular flexibility index (Phi) is 5.22. The number of aromatic nitrogens is 2. The van der Waals surface area contributed by atoms with Gasteiger partial charge in [0, 0.05) is 40.5 Å². The van der Waals surface area contributed by atoms with Crippen LogP contribution < -0.4 is 5.32 Å². The van der Waals surface area contributed by atoms with E-state index < -0.39 is 0 Å². The van der Waals surface area contributed by atoms with Crippen molar-refractivity contribution in [3.05, 3.63) is 101 Å². The maximum Gasteiger partial charge on any atom is 0.252 e. The van der Waals surface area contributed by atoms with E-state index in [2.05, 4.69) is 15.3 Å². The van der Waals surface area contributed by atoms with E-state index >= 15 is 0 Å². The molecule has 4 rings (SSSR count). The second-order valence-corrected chi connectivity index (χ2v) is 6.81. The first kappa shape index (κ1) is 18.0. The average Bonchev–Trinajstić information content (AvgIpc) is 3.15. The van der Waals surface area contributed by atoms with E-state index in [1.54, 1.807) is 6.20 Å². The van der Waals surface area contributed by atoms with Crippen LogP contribution in [0.15, 0.2) is 79.1 Å². The molecule has 2 aromatic carbocycles. The Morgan fingerprint density at radius 3 is 2.61 bits per heavy atom. The summed E-state index contributed by atoms with van der Waals surface area (Å²) in [7, 11) is 0. The van der Waals surface area contributed by atoms with Crippen LogP contribution in [0.4, 0.5) is 0 Å². The number of halogens is 1. The highest BCUT2D eigenvalue weighted by Crippen LogP contribution is 2.23. The summed E-state index contributed by atoms with van der Waals surface area (Å²) in [5.41, 5.74) is 4.15. The summed E-state index contributed by atoms with van der Waals surface area (Å²) in [4.78, 5) is 20.5. The highest BCUT2D eigenvalue weighted by Gasteiger charge is 2.13. The molecule has 0 aliphatic carbocycles. The first-order chi connectivity index (χ1) is 13.7. The molecule has 0 bridgehead atoms. The quantitative estimate of drug-likeness (QED) is 0.469. The Morgan fingerprint density at radius 1 is 1.04 bits per heavy atom. The van der Waals surface area contributed by atoms with Gasteiger partial charge in [0.2, 0.25) is 0 Å². The number of aromatic amines is 1. The Hall–Kier alpha value is -3.37. The average molecular weight is 388 g/mol. The Bertz CT molecular complexity index is 1130. The van der Waals surface area contributed by atoms with E-state index in [-0.39, 0.29) is 5.91 Å². The second-order valence-electron chi connectivity index (χ2n) is 6.38. The highest BCUT2D eigenvalue weighted by molar-refractivity contribution is 6.30. The van der Waals surface area contributed by atoms with E-state index in [0.717, 1.165) is 27.7 Å². The van der Waals surface area contributed by atoms with Crippen molar-refractivity contribution < 1.29 is 4.79 Å². The molecule has 0 saturated carbocycles. The molecule has 4 nitrogen and oxygen atoms in total. The fourth-order valence-electron chi connectivity index (χ4n) is 3.03. The zero-order valence-electron chi connectivity index (χ0n) is 15.0. The van der Waals surface area contributed by atoms with Crippen molar-refractivity contribution in [3.63, 3.8) is 0 Å². The van der Waals surface area contributed by atoms with E-state index in [1.165, 1.54) is 0 Å². The number of fused-ring (bicyclic) bond motifs is 1. The topological polar surface area (TPSA) is 57.8 Å². The number of pyridine rings is 1. The van der Waals surface area contributed by atoms with Crippen LogP contribution in [-0.2, 0) is 11.3 Å². The third kappa shape index (κ3) is 3.97. The summed E-state index contributed by atoms with van der Waals surface area (Å²) in [5.74, 6) is -0.139. The van der Waals surface area contributed by atoms with E-state index in [0.29, 0.717) is 17.1 Å². The van der Waals surface area contributed by atoms with Gasteiger partial charge in [-0.3, -0.25) is 4.79 Å². The van der Waals surface area contributed by atoms with Crippen LogP contribution in [0, 0.1) is 0 Å². The number of rotatable bonds is 5. The molecule has 0 saturated heterocycles. The normalized spacial score (nSPS) is 11.5. The van der Waals surface area contributed by atoms with Crippen molar-refractivity contribution in [2.45, 2.75) is 6.54 Å². The van der Waals surface area contributed by atoms with Gasteiger partial charge in [-0.05, 0) is 41.5 Å². The first-order valence-corrected chi connectivity index (χ1v) is 9.30. The lowest BCUT2D eigenvalue weighted by Crippen LogP contribution is -2.23. The van der Waals surface area contributed by atoms with Gasteiger partial charge in [-0.25, -0.2) is 4.98 Å². The summed E-state index contributed by atoms with van der Waals surface area (Å²) in [6.45, 7) is 0.426. The van der Waals surface area contributed by atoms with Crippen LogP contribution in [0.5, 0.6) is 0 Å². The minimum Gasteiger partial charge on any atom is -0.348 e. The zero-order valence-corrected chi connectivity index (χ0v) is 15.8. The monoisotopic (exact) mass is 387 g/mol. The Morgan fingerprint density at radius 2 is 1.82 bits per heavy atom. The minimum absolute atomic E-state index is 0.139. The molecule has 2 N–H and O–H groups in total. The SMILES string of the molecule is O=C(NCc1ccc(Cl)cc1)/C(=C/c1c[nH]c2ncccc12)c1ccccc1. The molecule has 138 valence electrons. The predicted molar refractivity (Wildman–Crippen MR) is 114 cm³/mol. The minimum atomic E-state index is -0.139. The van der Waals surface area contributed by atoms with Gasteiger partial charge in [0.1, 0.15) is 5.65 Å². The lowest BCUT2D eigenvalue weighted by Gasteiger charge is -2.10. The predicted octanol–water partition coefficient (Wildman–Crippen LogP) is 5.07. The Balaban J connectivity index is 1.65. The fraction of sp³-hybridized carbons (Fsp3) is 0.0435. The van der Waals surface area contributed by atoms with Crippen LogP contribution in [-0.4, -0.2) is 15.9 Å². The van der Waals surface area contributed by atoms with E-state index in [4.69, 9.17) is 11.6 Å². The van der Waals surface area contributed by atoms with Gasteiger partial charge in [-0.2, -0.15) is 0 Å². The zero-order chi connectivity index (χ0) is 19.3. The van der Waals surface area contributed by atoms with Gasteiger partial charge in [-0.15, -0.1) is 0 Å². The number of carbonyl (C=O) groups is 1. The first-order valence-electron chi connectivity index (χ1n) is 8.92. The fourth-order valence-corrected chi connectivity index (χ4v) is 3.16. The molecule has 1 amide bonds. The number of benzene rings is 2. The molecule has 0 aliphatic rings. The van der Waals surface area contributed by atoms with Gasteiger partial charge in [0.25, 0.3) is 5.91 Å². The van der Waals surface area contributed by atoms with Crippen LogP contribution in [0.3, 0.4) is 0 Å². The molecule has 0 atom stereocenters. The summed E-state index contributed by atoms with van der Waals surface area (Å²) in [6.07, 6.45) is 5.50. The molecule has 4 aromatic rings. The van der Waals surface area contributed by atoms with Crippen LogP contribution in [0.2, 0.25) is 5.02 Å². The van der Waals surface area contributed by atoms with Crippen LogP contribution in [0.25, 0.3) is 22.7 Å². The largest absolute Gasteiger partial charge is 0.348 e. The molecule has 2 heterocycles. The summed E-state index contributed by atoms with van der Waals surface area (Å²) in [6, 6.07) is 20.9. The lowest BCUT2D eigenvalue weighted by molar-refractivity contribution is -0.115. The molecule has 0 radical (unpaired) electrons. The summed E-state index contributed by atoms with van der Waals surface area (Å²) < 4.78 is 0. The molecule has 0 fully saturated rings. The summed E-state index contributed by atoms with van der Waals surface area (Å²) >= 11 is 5.93. The van der Waals surface area contributed by atoms with Crippen molar-refractivity contribution in [2.24, 2.45) is 0 Å². The van der Waals surface area contributed by atoms with E-state index in [9.17, 15) is 4.79 Å². The van der Waals surface area contributed by atoms with E-state index in [1.807, 2.05) is 79.0 Å². The second kappa shape index (κ2) is 8.11. The summed E-state index contributed by atoms with van der Waals surface area (Å²) in [5, 5.41) is 4.65. The van der Waals surface area contributed by atoms with Crippen molar-refractivity contribution in [3.8, 4) is 0 Å². The number of hydrogen-bond donors (Lipinski definition) is 2. The van der Waals surface area contributed by atoms with Crippen molar-refractivity contribution in [1.82, 2.24) is 15.3 Å². The number of amides is 1. The third-order valence-corrected chi connectivity index (χ3v) is 4.73.